The second-order valence-corrected chi connectivity index (χ2v) is 4.53. The van der Waals surface area contributed by atoms with Crippen molar-refractivity contribution in [3.8, 4) is 0 Å². The van der Waals surface area contributed by atoms with E-state index in [4.69, 9.17) is 5.73 Å². The molecule has 0 aromatic carbocycles. The lowest BCUT2D eigenvalue weighted by Crippen LogP contribution is -2.25. The maximum Gasteiger partial charge on any atom is 0.0334 e. The molecule has 12 heavy (non-hydrogen) atoms. The van der Waals surface area contributed by atoms with Crippen molar-refractivity contribution in [1.82, 2.24) is 0 Å². The number of fused-ring (bicyclic) bond motifs is 1. The molecule has 1 aromatic rings. The van der Waals surface area contributed by atoms with Gasteiger partial charge >= 0.3 is 0 Å². The van der Waals surface area contributed by atoms with E-state index in [1.807, 2.05) is 11.3 Å². The first-order valence-corrected chi connectivity index (χ1v) is 5.52. The van der Waals surface area contributed by atoms with Gasteiger partial charge in [0, 0.05) is 10.9 Å². The molecule has 0 radical (unpaired) electrons. The van der Waals surface area contributed by atoms with Crippen molar-refractivity contribution in [3.05, 3.63) is 21.9 Å². The van der Waals surface area contributed by atoms with Crippen LogP contribution in [-0.2, 0) is 6.42 Å². The molecule has 0 spiro atoms. The molecule has 2 atom stereocenters. The zero-order chi connectivity index (χ0) is 8.55. The SMILES string of the molecule is CC[C@H]1CCc2sccc2[C@@H]1N. The summed E-state index contributed by atoms with van der Waals surface area (Å²) < 4.78 is 0. The molecular formula is C10H15NS. The second-order valence-electron chi connectivity index (χ2n) is 3.53. The standard InChI is InChI=1S/C10H15NS/c1-2-7-3-4-9-8(10(7)11)5-6-12-9/h5-7,10H,2-4,11H2,1H3/t7-,10+/m0/s1. The smallest absolute Gasteiger partial charge is 0.0334 e. The van der Waals surface area contributed by atoms with Crippen LogP contribution in [0.3, 0.4) is 0 Å². The van der Waals surface area contributed by atoms with Crippen LogP contribution in [0.1, 0.15) is 36.2 Å². The highest BCUT2D eigenvalue weighted by Gasteiger charge is 2.25. The van der Waals surface area contributed by atoms with E-state index in [0.717, 1.165) is 0 Å². The van der Waals surface area contributed by atoms with Gasteiger partial charge in [-0.2, -0.15) is 0 Å². The fourth-order valence-electron chi connectivity index (χ4n) is 2.06. The van der Waals surface area contributed by atoms with Crippen LogP contribution in [0.15, 0.2) is 11.4 Å². The molecular weight excluding hydrogens is 166 g/mol. The van der Waals surface area contributed by atoms with E-state index < -0.39 is 0 Å². The highest BCUT2D eigenvalue weighted by molar-refractivity contribution is 7.10. The minimum absolute atomic E-state index is 0.310. The van der Waals surface area contributed by atoms with Crippen molar-refractivity contribution < 1.29 is 0 Å². The van der Waals surface area contributed by atoms with Gasteiger partial charge in [0.05, 0.1) is 0 Å². The van der Waals surface area contributed by atoms with Gasteiger partial charge in [-0.25, -0.2) is 0 Å². The number of nitrogens with two attached hydrogens (primary N) is 1. The summed E-state index contributed by atoms with van der Waals surface area (Å²) in [7, 11) is 0. The Kier molecular flexibility index (Phi) is 2.20. The van der Waals surface area contributed by atoms with Crippen LogP contribution in [0.5, 0.6) is 0 Å². The average Bonchev–Trinajstić information content (AvgIpc) is 2.53. The summed E-state index contributed by atoms with van der Waals surface area (Å²) in [5.41, 5.74) is 7.57. The number of hydrogen-bond acceptors (Lipinski definition) is 2. The molecule has 2 heteroatoms. The average molecular weight is 181 g/mol. The largest absolute Gasteiger partial charge is 0.324 e. The third-order valence-electron chi connectivity index (χ3n) is 2.91. The highest BCUT2D eigenvalue weighted by atomic mass is 32.1. The van der Waals surface area contributed by atoms with E-state index >= 15 is 0 Å². The zero-order valence-corrected chi connectivity index (χ0v) is 8.23. The van der Waals surface area contributed by atoms with Gasteiger partial charge in [0.15, 0.2) is 0 Å². The van der Waals surface area contributed by atoms with Crippen LogP contribution >= 0.6 is 11.3 Å². The van der Waals surface area contributed by atoms with Crippen LogP contribution < -0.4 is 5.73 Å². The first kappa shape index (κ1) is 8.27. The lowest BCUT2D eigenvalue weighted by Gasteiger charge is -2.27. The summed E-state index contributed by atoms with van der Waals surface area (Å²) in [4.78, 5) is 1.52. The zero-order valence-electron chi connectivity index (χ0n) is 7.42. The third kappa shape index (κ3) is 1.19. The quantitative estimate of drug-likeness (QED) is 0.708. The van der Waals surface area contributed by atoms with E-state index in [1.54, 1.807) is 0 Å². The van der Waals surface area contributed by atoms with E-state index in [9.17, 15) is 0 Å². The Hall–Kier alpha value is -0.340. The van der Waals surface area contributed by atoms with Crippen LogP contribution in [0, 0.1) is 5.92 Å². The minimum atomic E-state index is 0.310. The minimum Gasteiger partial charge on any atom is -0.324 e. The first-order chi connectivity index (χ1) is 5.83. The summed E-state index contributed by atoms with van der Waals surface area (Å²) in [6.07, 6.45) is 3.75. The molecule has 0 bridgehead atoms. The van der Waals surface area contributed by atoms with Gasteiger partial charge in [-0.3, -0.25) is 0 Å². The van der Waals surface area contributed by atoms with Gasteiger partial charge in [0.25, 0.3) is 0 Å². The summed E-state index contributed by atoms with van der Waals surface area (Å²) in [5, 5.41) is 2.17. The van der Waals surface area contributed by atoms with E-state index in [1.165, 1.54) is 29.7 Å². The number of thiophene rings is 1. The number of aryl methyl sites for hydroxylation is 1. The molecule has 0 aliphatic heterocycles. The van der Waals surface area contributed by atoms with Gasteiger partial charge in [-0.15, -0.1) is 11.3 Å². The van der Waals surface area contributed by atoms with Crippen LogP contribution in [0.2, 0.25) is 0 Å². The number of hydrogen-bond donors (Lipinski definition) is 1. The Morgan fingerprint density at radius 2 is 2.50 bits per heavy atom. The normalized spacial score (nSPS) is 28.5. The van der Waals surface area contributed by atoms with Gasteiger partial charge < -0.3 is 5.73 Å². The third-order valence-corrected chi connectivity index (χ3v) is 3.91. The topological polar surface area (TPSA) is 26.0 Å². The van der Waals surface area contributed by atoms with Crippen LogP contribution in [0.25, 0.3) is 0 Å². The molecule has 1 nitrogen and oxygen atoms in total. The molecule has 2 N–H and O–H groups in total. The molecule has 0 fully saturated rings. The van der Waals surface area contributed by atoms with Crippen LogP contribution in [0.4, 0.5) is 0 Å². The lowest BCUT2D eigenvalue weighted by atomic mass is 9.83. The monoisotopic (exact) mass is 181 g/mol. The van der Waals surface area contributed by atoms with E-state index in [0.29, 0.717) is 12.0 Å². The fraction of sp³-hybridized carbons (Fsp3) is 0.600. The van der Waals surface area contributed by atoms with Crippen molar-refractivity contribution in [2.75, 3.05) is 0 Å². The van der Waals surface area contributed by atoms with Gasteiger partial charge in [0.2, 0.25) is 0 Å². The Balaban J connectivity index is 2.29. The Morgan fingerprint density at radius 1 is 1.67 bits per heavy atom. The lowest BCUT2D eigenvalue weighted by molar-refractivity contribution is 0.371. The summed E-state index contributed by atoms with van der Waals surface area (Å²) in [6, 6.07) is 2.51. The first-order valence-electron chi connectivity index (χ1n) is 4.64. The Morgan fingerprint density at radius 3 is 3.25 bits per heavy atom. The molecule has 1 aliphatic carbocycles. The van der Waals surface area contributed by atoms with Crippen molar-refractivity contribution in [2.24, 2.45) is 11.7 Å². The Labute approximate surface area is 77.6 Å². The summed E-state index contributed by atoms with van der Waals surface area (Å²) >= 11 is 1.86. The van der Waals surface area contributed by atoms with E-state index in [2.05, 4.69) is 18.4 Å². The predicted molar refractivity (Wildman–Crippen MR) is 53.3 cm³/mol. The molecule has 2 rings (SSSR count). The van der Waals surface area contributed by atoms with Crippen molar-refractivity contribution in [1.29, 1.82) is 0 Å². The molecule has 1 aliphatic rings. The van der Waals surface area contributed by atoms with Gasteiger partial charge in [-0.1, -0.05) is 13.3 Å². The van der Waals surface area contributed by atoms with Crippen LogP contribution in [-0.4, -0.2) is 0 Å². The van der Waals surface area contributed by atoms with E-state index in [-0.39, 0.29) is 0 Å². The fourth-order valence-corrected chi connectivity index (χ4v) is 3.01. The number of rotatable bonds is 1. The predicted octanol–water partition coefficient (Wildman–Crippen LogP) is 2.72. The summed E-state index contributed by atoms with van der Waals surface area (Å²) in [5.74, 6) is 0.715. The van der Waals surface area contributed by atoms with Crippen molar-refractivity contribution in [2.45, 2.75) is 32.2 Å². The maximum absolute atomic E-state index is 6.15. The summed E-state index contributed by atoms with van der Waals surface area (Å²) in [6.45, 7) is 2.24. The highest BCUT2D eigenvalue weighted by Crippen LogP contribution is 2.36. The Bertz CT molecular complexity index is 267. The molecule has 0 saturated heterocycles. The van der Waals surface area contributed by atoms with Gasteiger partial charge in [-0.05, 0) is 35.8 Å². The van der Waals surface area contributed by atoms with Crippen molar-refractivity contribution >= 4 is 11.3 Å². The molecule has 0 amide bonds. The second kappa shape index (κ2) is 3.19. The molecule has 1 heterocycles. The van der Waals surface area contributed by atoms with Gasteiger partial charge in [0.1, 0.15) is 0 Å². The molecule has 66 valence electrons. The van der Waals surface area contributed by atoms with Crippen molar-refractivity contribution in [3.63, 3.8) is 0 Å². The maximum atomic E-state index is 6.15. The molecule has 1 aromatic heterocycles. The molecule has 0 unspecified atom stereocenters. The molecule has 0 saturated carbocycles.